The van der Waals surface area contributed by atoms with E-state index in [4.69, 9.17) is 9.47 Å². The fraction of sp³-hybridized carbons (Fsp3) is 0.304. The quantitative estimate of drug-likeness (QED) is 0.670. The number of phenols is 2. The minimum Gasteiger partial charge on any atom is -0.507 e. The van der Waals surface area contributed by atoms with Gasteiger partial charge in [-0.3, -0.25) is 9.59 Å². The van der Waals surface area contributed by atoms with Gasteiger partial charge in [0, 0.05) is 19.6 Å². The van der Waals surface area contributed by atoms with Gasteiger partial charge in [-0.15, -0.1) is 0 Å². The Kier molecular flexibility index (Phi) is 6.86. The maximum absolute atomic E-state index is 12.6. The zero-order valence-corrected chi connectivity index (χ0v) is 18.4. The molecule has 0 aromatic heterocycles. The van der Waals surface area contributed by atoms with Crippen molar-refractivity contribution in [2.24, 2.45) is 0 Å². The molecule has 0 radical (unpaired) electrons. The van der Waals surface area contributed by atoms with E-state index in [1.165, 1.54) is 60.0 Å². The molecule has 0 saturated carbocycles. The standard InChI is InChI=1S/C23H24N2O8/c1-13-12-24(22(30)32-16-4-6-20(28)18(10-16)14(2)26)8-9-25(13)23(31)33-17-5-7-21(29)19(11-17)15(3)27/h4-7,10-11,13,28-29H,8-9,12H2,1-3H3. The molecule has 1 saturated heterocycles. The average molecular weight is 456 g/mol. The number of benzene rings is 2. The smallest absolute Gasteiger partial charge is 0.415 e. The first-order chi connectivity index (χ1) is 15.6. The normalized spacial score (nSPS) is 15.7. The molecule has 2 N–H and O–H groups in total. The number of Topliss-reactive ketones (excluding diaryl/α,β-unsaturated/α-hetero) is 2. The molecule has 1 fully saturated rings. The molecule has 10 nitrogen and oxygen atoms in total. The number of hydrogen-bond acceptors (Lipinski definition) is 8. The van der Waals surface area contributed by atoms with E-state index in [1.54, 1.807) is 6.92 Å². The highest BCUT2D eigenvalue weighted by atomic mass is 16.6. The van der Waals surface area contributed by atoms with Gasteiger partial charge in [0.1, 0.15) is 23.0 Å². The summed E-state index contributed by atoms with van der Waals surface area (Å²) in [5.74, 6) is -0.902. The van der Waals surface area contributed by atoms with Gasteiger partial charge in [0.2, 0.25) is 0 Å². The van der Waals surface area contributed by atoms with Crippen LogP contribution in [0.3, 0.4) is 0 Å². The number of carbonyl (C=O) groups is 4. The lowest BCUT2D eigenvalue weighted by molar-refractivity contribution is 0.0754. The van der Waals surface area contributed by atoms with Crippen molar-refractivity contribution in [1.82, 2.24) is 9.80 Å². The second-order valence-electron chi connectivity index (χ2n) is 7.69. The Bertz CT molecular complexity index is 1110. The van der Waals surface area contributed by atoms with Crippen molar-refractivity contribution in [3.63, 3.8) is 0 Å². The highest BCUT2D eigenvalue weighted by Gasteiger charge is 2.32. The van der Waals surface area contributed by atoms with Crippen molar-refractivity contribution in [3.8, 4) is 23.0 Å². The fourth-order valence-corrected chi connectivity index (χ4v) is 3.44. The molecule has 33 heavy (non-hydrogen) atoms. The van der Waals surface area contributed by atoms with E-state index in [0.29, 0.717) is 0 Å². The predicted octanol–water partition coefficient (Wildman–Crippen LogP) is 3.21. The van der Waals surface area contributed by atoms with Crippen LogP contribution in [0.4, 0.5) is 9.59 Å². The molecule has 1 atom stereocenters. The summed E-state index contributed by atoms with van der Waals surface area (Å²) < 4.78 is 10.7. The highest BCUT2D eigenvalue weighted by Crippen LogP contribution is 2.26. The van der Waals surface area contributed by atoms with E-state index >= 15 is 0 Å². The summed E-state index contributed by atoms with van der Waals surface area (Å²) in [6.07, 6.45) is -1.31. The Balaban J connectivity index is 1.61. The number of aromatic hydroxyl groups is 2. The van der Waals surface area contributed by atoms with Gasteiger partial charge in [0.25, 0.3) is 0 Å². The first-order valence-corrected chi connectivity index (χ1v) is 10.2. The van der Waals surface area contributed by atoms with Crippen LogP contribution in [0.5, 0.6) is 23.0 Å². The SMILES string of the molecule is CC(=O)c1cc(OC(=O)N2CCN(C(=O)Oc3ccc(O)c(C(C)=O)c3)C(C)C2)ccc1O. The van der Waals surface area contributed by atoms with Gasteiger partial charge in [-0.05, 0) is 57.2 Å². The molecule has 1 aliphatic rings. The summed E-state index contributed by atoms with van der Waals surface area (Å²) in [7, 11) is 0. The first-order valence-electron chi connectivity index (χ1n) is 10.2. The molecule has 2 aromatic carbocycles. The molecule has 2 amide bonds. The molecule has 0 aliphatic carbocycles. The van der Waals surface area contributed by atoms with Gasteiger partial charge in [0.05, 0.1) is 17.2 Å². The van der Waals surface area contributed by atoms with Gasteiger partial charge in [-0.1, -0.05) is 0 Å². The van der Waals surface area contributed by atoms with Crippen molar-refractivity contribution >= 4 is 23.8 Å². The number of phenolic OH excluding ortho intramolecular Hbond substituents is 2. The van der Waals surface area contributed by atoms with E-state index < -0.39 is 18.2 Å². The number of amides is 2. The molecule has 1 aliphatic heterocycles. The zero-order chi connectivity index (χ0) is 24.3. The monoisotopic (exact) mass is 456 g/mol. The Morgan fingerprint density at radius 1 is 0.818 bits per heavy atom. The van der Waals surface area contributed by atoms with Crippen molar-refractivity contribution in [1.29, 1.82) is 0 Å². The number of hydrogen-bond donors (Lipinski definition) is 2. The number of nitrogens with zero attached hydrogens (tertiary/aromatic N) is 2. The van der Waals surface area contributed by atoms with Crippen molar-refractivity contribution in [2.75, 3.05) is 19.6 Å². The lowest BCUT2D eigenvalue weighted by Gasteiger charge is -2.38. The van der Waals surface area contributed by atoms with Crippen LogP contribution in [0.1, 0.15) is 41.5 Å². The third-order valence-electron chi connectivity index (χ3n) is 5.23. The maximum Gasteiger partial charge on any atom is 0.415 e. The van der Waals surface area contributed by atoms with Crippen LogP contribution < -0.4 is 9.47 Å². The molecule has 174 valence electrons. The van der Waals surface area contributed by atoms with Crippen LogP contribution in [0.25, 0.3) is 0 Å². The summed E-state index contributed by atoms with van der Waals surface area (Å²) in [5, 5.41) is 19.4. The minimum atomic E-state index is -0.653. The van der Waals surface area contributed by atoms with Gasteiger partial charge in [-0.2, -0.15) is 0 Å². The Labute approximate surface area is 189 Å². The van der Waals surface area contributed by atoms with Crippen molar-refractivity contribution in [2.45, 2.75) is 26.8 Å². The largest absolute Gasteiger partial charge is 0.507 e. The summed E-state index contributed by atoms with van der Waals surface area (Å²) in [6.45, 7) is 4.87. The van der Waals surface area contributed by atoms with E-state index in [2.05, 4.69) is 0 Å². The summed E-state index contributed by atoms with van der Waals surface area (Å²) in [5.41, 5.74) is 0.0893. The van der Waals surface area contributed by atoms with Gasteiger partial charge < -0.3 is 29.5 Å². The lowest BCUT2D eigenvalue weighted by Crippen LogP contribution is -2.56. The average Bonchev–Trinajstić information content (AvgIpc) is 2.75. The summed E-state index contributed by atoms with van der Waals surface area (Å²) >= 11 is 0. The van der Waals surface area contributed by atoms with Crippen LogP contribution >= 0.6 is 0 Å². The molecule has 0 bridgehead atoms. The number of ketones is 2. The maximum atomic E-state index is 12.6. The topological polar surface area (TPSA) is 134 Å². The molecule has 3 rings (SSSR count). The van der Waals surface area contributed by atoms with Crippen LogP contribution in [-0.4, -0.2) is 69.4 Å². The highest BCUT2D eigenvalue weighted by molar-refractivity contribution is 5.97. The molecular formula is C23H24N2O8. The fourth-order valence-electron chi connectivity index (χ4n) is 3.44. The molecule has 10 heteroatoms. The molecular weight excluding hydrogens is 432 g/mol. The van der Waals surface area contributed by atoms with E-state index in [-0.39, 0.29) is 65.3 Å². The Morgan fingerprint density at radius 2 is 1.30 bits per heavy atom. The van der Waals surface area contributed by atoms with Crippen LogP contribution in [0, 0.1) is 0 Å². The second-order valence-corrected chi connectivity index (χ2v) is 7.69. The number of carbonyl (C=O) groups excluding carboxylic acids is 4. The minimum absolute atomic E-state index is 0.0445. The third kappa shape index (κ3) is 5.40. The second kappa shape index (κ2) is 9.60. The molecule has 1 heterocycles. The Hall–Kier alpha value is -4.08. The van der Waals surface area contributed by atoms with E-state index in [1.807, 2.05) is 0 Å². The Morgan fingerprint density at radius 3 is 1.76 bits per heavy atom. The third-order valence-corrected chi connectivity index (χ3v) is 5.23. The summed E-state index contributed by atoms with van der Waals surface area (Å²) in [4.78, 5) is 51.1. The van der Waals surface area contributed by atoms with Crippen molar-refractivity contribution < 1.29 is 38.9 Å². The van der Waals surface area contributed by atoms with Gasteiger partial charge >= 0.3 is 12.2 Å². The van der Waals surface area contributed by atoms with Gasteiger partial charge in [0.15, 0.2) is 11.6 Å². The number of rotatable bonds is 4. The van der Waals surface area contributed by atoms with Crippen LogP contribution in [0.15, 0.2) is 36.4 Å². The van der Waals surface area contributed by atoms with E-state index in [0.717, 1.165) is 0 Å². The number of piperazine rings is 1. The lowest BCUT2D eigenvalue weighted by atomic mass is 10.1. The first kappa shape index (κ1) is 23.6. The van der Waals surface area contributed by atoms with Gasteiger partial charge in [-0.25, -0.2) is 9.59 Å². The predicted molar refractivity (Wildman–Crippen MR) is 116 cm³/mol. The van der Waals surface area contributed by atoms with E-state index in [9.17, 15) is 29.4 Å². The number of ether oxygens (including phenoxy) is 2. The molecule has 2 aromatic rings. The summed E-state index contributed by atoms with van der Waals surface area (Å²) in [6, 6.07) is 7.50. The zero-order valence-electron chi connectivity index (χ0n) is 18.4. The molecule has 1 unspecified atom stereocenters. The van der Waals surface area contributed by atoms with Crippen LogP contribution in [0.2, 0.25) is 0 Å². The van der Waals surface area contributed by atoms with Crippen LogP contribution in [-0.2, 0) is 0 Å². The van der Waals surface area contributed by atoms with Crippen molar-refractivity contribution in [3.05, 3.63) is 47.5 Å². The molecule has 0 spiro atoms.